The van der Waals surface area contributed by atoms with Crippen molar-refractivity contribution in [2.45, 2.75) is 115 Å². The first-order valence-corrected chi connectivity index (χ1v) is 14.4. The summed E-state index contributed by atoms with van der Waals surface area (Å²) in [5.41, 5.74) is 0. The molecule has 6 nitrogen and oxygen atoms in total. The molecule has 0 radical (unpaired) electrons. The lowest BCUT2D eigenvalue weighted by Gasteiger charge is -2.40. The Morgan fingerprint density at radius 1 is 1.09 bits per heavy atom. The van der Waals surface area contributed by atoms with Crippen LogP contribution in [0, 0.1) is 12.8 Å². The van der Waals surface area contributed by atoms with E-state index in [1.165, 1.54) is 49.8 Å². The minimum atomic E-state index is 0.138. The highest BCUT2D eigenvalue weighted by Gasteiger charge is 2.42. The molecule has 1 unspecified atom stereocenters. The van der Waals surface area contributed by atoms with Gasteiger partial charge in [0.05, 0.1) is 6.04 Å². The van der Waals surface area contributed by atoms with Crippen molar-refractivity contribution in [2.24, 2.45) is 5.92 Å². The summed E-state index contributed by atoms with van der Waals surface area (Å²) >= 11 is 1.78. The number of hydrogen-bond donors (Lipinski definition) is 1. The molecule has 2 aromatic rings. The van der Waals surface area contributed by atoms with Crippen molar-refractivity contribution in [3.8, 4) is 0 Å². The van der Waals surface area contributed by atoms with E-state index >= 15 is 0 Å². The fourth-order valence-electron chi connectivity index (χ4n) is 6.76. The quantitative estimate of drug-likeness (QED) is 0.518. The van der Waals surface area contributed by atoms with E-state index < -0.39 is 0 Å². The first kappa shape index (κ1) is 24.0. The highest BCUT2D eigenvalue weighted by molar-refractivity contribution is 7.10. The van der Waals surface area contributed by atoms with Gasteiger partial charge in [-0.25, -0.2) is 0 Å². The number of hydrogen-bond acceptors (Lipinski definition) is 5. The first-order chi connectivity index (χ1) is 16.5. The molecule has 1 N–H and O–H groups in total. The van der Waals surface area contributed by atoms with Crippen LogP contribution >= 0.6 is 11.3 Å². The summed E-state index contributed by atoms with van der Waals surface area (Å²) in [4.78, 5) is 17.1. The third kappa shape index (κ3) is 4.97. The minimum absolute atomic E-state index is 0.138. The molecule has 0 spiro atoms. The highest BCUT2D eigenvalue weighted by Crippen LogP contribution is 2.42. The molecule has 186 valence electrons. The van der Waals surface area contributed by atoms with Crippen LogP contribution in [0.3, 0.4) is 0 Å². The first-order valence-electron chi connectivity index (χ1n) is 13.5. The number of thiophene rings is 1. The molecule has 2 aliphatic heterocycles. The molecule has 2 bridgehead atoms. The molecule has 4 heterocycles. The van der Waals surface area contributed by atoms with Gasteiger partial charge < -0.3 is 9.88 Å². The number of amides is 1. The Hall–Kier alpha value is -1.73. The minimum Gasteiger partial charge on any atom is -0.348 e. The summed E-state index contributed by atoms with van der Waals surface area (Å²) in [6, 6.07) is 6.22. The van der Waals surface area contributed by atoms with Crippen molar-refractivity contribution in [1.29, 1.82) is 0 Å². The predicted molar refractivity (Wildman–Crippen MR) is 137 cm³/mol. The van der Waals surface area contributed by atoms with Crippen LogP contribution in [0.2, 0.25) is 0 Å². The lowest BCUT2D eigenvalue weighted by Crippen LogP contribution is -2.45. The van der Waals surface area contributed by atoms with Gasteiger partial charge in [0, 0.05) is 41.4 Å². The van der Waals surface area contributed by atoms with Crippen LogP contribution in [-0.2, 0) is 4.79 Å². The monoisotopic (exact) mass is 483 g/mol. The van der Waals surface area contributed by atoms with Crippen molar-refractivity contribution >= 4 is 17.2 Å². The summed E-state index contributed by atoms with van der Waals surface area (Å²) < 4.78 is 2.44. The number of fused-ring (bicyclic) bond motifs is 2. The zero-order valence-corrected chi connectivity index (χ0v) is 21.9. The maximum absolute atomic E-state index is 13.1. The van der Waals surface area contributed by atoms with Crippen LogP contribution in [0.15, 0.2) is 17.5 Å². The second-order valence-corrected chi connectivity index (χ2v) is 12.1. The fourth-order valence-corrected chi connectivity index (χ4v) is 7.57. The van der Waals surface area contributed by atoms with Crippen molar-refractivity contribution in [3.05, 3.63) is 34.0 Å². The normalized spacial score (nSPS) is 26.8. The van der Waals surface area contributed by atoms with E-state index in [-0.39, 0.29) is 17.9 Å². The SMILES string of the molecule is Cc1nnc(C(C)C)n1C1C[C@H]2CC[C@@H](C1)N2CC[C@H](NC(=O)C1CCCCC1)c1cccs1. The number of nitrogens with zero attached hydrogens (tertiary/aromatic N) is 4. The van der Waals surface area contributed by atoms with Crippen LogP contribution in [0.4, 0.5) is 0 Å². The van der Waals surface area contributed by atoms with Crippen molar-refractivity contribution < 1.29 is 4.79 Å². The van der Waals surface area contributed by atoms with Gasteiger partial charge in [-0.2, -0.15) is 0 Å². The number of rotatable bonds is 8. The molecule has 5 rings (SSSR count). The topological polar surface area (TPSA) is 63.1 Å². The van der Waals surface area contributed by atoms with E-state index in [2.05, 4.69) is 63.3 Å². The molecule has 3 fully saturated rings. The lowest BCUT2D eigenvalue weighted by molar-refractivity contribution is -0.126. The zero-order chi connectivity index (χ0) is 23.7. The second-order valence-electron chi connectivity index (χ2n) is 11.1. The van der Waals surface area contributed by atoms with Crippen LogP contribution in [0.1, 0.15) is 113 Å². The van der Waals surface area contributed by atoms with Crippen LogP contribution in [0.5, 0.6) is 0 Å². The lowest BCUT2D eigenvalue weighted by atomic mass is 9.88. The van der Waals surface area contributed by atoms with Crippen molar-refractivity contribution in [3.63, 3.8) is 0 Å². The Morgan fingerprint density at radius 2 is 1.82 bits per heavy atom. The number of aromatic nitrogens is 3. The maximum Gasteiger partial charge on any atom is 0.223 e. The highest BCUT2D eigenvalue weighted by atomic mass is 32.1. The molecule has 0 aromatic carbocycles. The molecular weight excluding hydrogens is 442 g/mol. The average Bonchev–Trinajstić information content (AvgIpc) is 3.55. The van der Waals surface area contributed by atoms with Gasteiger partial charge in [0.25, 0.3) is 0 Å². The van der Waals surface area contributed by atoms with Gasteiger partial charge in [-0.3, -0.25) is 9.69 Å². The van der Waals surface area contributed by atoms with Crippen molar-refractivity contribution in [2.75, 3.05) is 6.54 Å². The van der Waals surface area contributed by atoms with Crippen molar-refractivity contribution in [1.82, 2.24) is 25.0 Å². The Kier molecular flexibility index (Phi) is 7.40. The van der Waals surface area contributed by atoms with E-state index in [0.717, 1.165) is 37.5 Å². The summed E-state index contributed by atoms with van der Waals surface area (Å²) in [5.74, 6) is 3.09. The smallest absolute Gasteiger partial charge is 0.223 e. The van der Waals surface area contributed by atoms with Gasteiger partial charge in [0.2, 0.25) is 5.91 Å². The van der Waals surface area contributed by atoms with Gasteiger partial charge >= 0.3 is 0 Å². The van der Waals surface area contributed by atoms with E-state index in [4.69, 9.17) is 0 Å². The third-order valence-corrected chi connectivity index (χ3v) is 9.47. The average molecular weight is 484 g/mol. The summed E-state index contributed by atoms with van der Waals surface area (Å²) in [6.07, 6.45) is 11.7. The van der Waals surface area contributed by atoms with E-state index in [1.807, 2.05) is 0 Å². The molecule has 3 aliphatic rings. The number of nitrogens with one attached hydrogen (secondary N) is 1. The predicted octanol–water partition coefficient (Wildman–Crippen LogP) is 5.77. The maximum atomic E-state index is 13.1. The number of carbonyl (C=O) groups excluding carboxylic acids is 1. The Labute approximate surface area is 208 Å². The zero-order valence-electron chi connectivity index (χ0n) is 21.1. The molecule has 2 aromatic heterocycles. The molecule has 34 heavy (non-hydrogen) atoms. The summed E-state index contributed by atoms with van der Waals surface area (Å²) in [7, 11) is 0. The van der Waals surface area contributed by atoms with Crippen LogP contribution in [-0.4, -0.2) is 44.2 Å². The van der Waals surface area contributed by atoms with Gasteiger partial charge in [-0.15, -0.1) is 21.5 Å². The van der Waals surface area contributed by atoms with Crippen LogP contribution < -0.4 is 5.32 Å². The van der Waals surface area contributed by atoms with Gasteiger partial charge in [0.15, 0.2) is 0 Å². The van der Waals surface area contributed by atoms with Gasteiger partial charge in [-0.05, 0) is 63.3 Å². The fraction of sp³-hybridized carbons (Fsp3) is 0.741. The van der Waals surface area contributed by atoms with E-state index in [0.29, 0.717) is 24.0 Å². The number of carbonyl (C=O) groups is 1. The molecule has 1 saturated carbocycles. The molecule has 2 saturated heterocycles. The molecule has 1 aliphatic carbocycles. The number of piperidine rings is 1. The third-order valence-electron chi connectivity index (χ3n) is 8.49. The van der Waals surface area contributed by atoms with Crippen LogP contribution in [0.25, 0.3) is 0 Å². The molecular formula is C27H41N5OS. The molecule has 4 atom stereocenters. The van der Waals surface area contributed by atoms with Gasteiger partial charge in [-0.1, -0.05) is 39.2 Å². The Morgan fingerprint density at radius 3 is 2.47 bits per heavy atom. The number of aryl methyl sites for hydroxylation is 1. The standard InChI is InChI=1S/C27H41N5OS/c1-18(2)26-30-29-19(3)32(26)23-16-21-11-12-22(17-23)31(21)14-13-24(25-10-7-15-34-25)28-27(33)20-8-5-4-6-9-20/h7,10,15,18,20-24H,4-6,8-9,11-14,16-17H2,1-3H3,(H,28,33)/t21-,22+,23?,24-/m0/s1. The van der Waals surface area contributed by atoms with E-state index in [1.54, 1.807) is 11.3 Å². The Balaban J connectivity index is 1.23. The molecule has 1 amide bonds. The van der Waals surface area contributed by atoms with E-state index in [9.17, 15) is 4.79 Å². The van der Waals surface area contributed by atoms with Gasteiger partial charge in [0.1, 0.15) is 11.6 Å². The molecule has 7 heteroatoms. The summed E-state index contributed by atoms with van der Waals surface area (Å²) in [5, 5.41) is 14.5. The second kappa shape index (κ2) is 10.5. The largest absolute Gasteiger partial charge is 0.348 e. The summed E-state index contributed by atoms with van der Waals surface area (Å²) in [6.45, 7) is 7.60. The Bertz CT molecular complexity index is 934.